The van der Waals surface area contributed by atoms with Crippen molar-refractivity contribution >= 4 is 22.7 Å². The Morgan fingerprint density at radius 1 is 1.29 bits per heavy atom. The zero-order valence-corrected chi connectivity index (χ0v) is 10.8. The van der Waals surface area contributed by atoms with Crippen molar-refractivity contribution in [2.45, 2.75) is 24.8 Å². The molecule has 17 heavy (non-hydrogen) atoms. The first kappa shape index (κ1) is 14.2. The van der Waals surface area contributed by atoms with Crippen molar-refractivity contribution in [2.75, 3.05) is 7.11 Å². The maximum Gasteiger partial charge on any atom is 0.492 e. The van der Waals surface area contributed by atoms with E-state index in [4.69, 9.17) is 8.84 Å². The van der Waals surface area contributed by atoms with Gasteiger partial charge in [0.25, 0.3) is 10.1 Å². The van der Waals surface area contributed by atoms with E-state index in [0.717, 1.165) is 0 Å². The fourth-order valence-electron chi connectivity index (χ4n) is 1.34. The summed E-state index contributed by atoms with van der Waals surface area (Å²) < 4.78 is 33.4. The number of hydrogen-bond acceptors (Lipinski definition) is 5. The Balaban J connectivity index is 3.22. The van der Waals surface area contributed by atoms with Crippen LogP contribution in [0.4, 0.5) is 0 Å². The highest BCUT2D eigenvalue weighted by Crippen LogP contribution is 2.12. The molecule has 0 aliphatic carbocycles. The average molecular weight is 258 g/mol. The highest BCUT2D eigenvalue weighted by Gasteiger charge is 2.27. The first-order valence-electron chi connectivity index (χ1n) is 5.11. The second kappa shape index (κ2) is 5.64. The molecular weight excluding hydrogens is 243 g/mol. The van der Waals surface area contributed by atoms with Gasteiger partial charge in [-0.3, -0.25) is 4.18 Å². The number of rotatable bonds is 5. The minimum Gasteiger partial charge on any atom is -0.423 e. The van der Waals surface area contributed by atoms with E-state index in [2.05, 4.69) is 0 Å². The third-order valence-electron chi connectivity index (χ3n) is 2.00. The van der Waals surface area contributed by atoms with Crippen LogP contribution in [0.2, 0.25) is 0 Å². The fourth-order valence-corrected chi connectivity index (χ4v) is 2.66. The topological polar surface area (TPSA) is 72.8 Å². The number of benzene rings is 1. The zero-order valence-electron chi connectivity index (χ0n) is 9.95. The molecule has 0 heterocycles. The molecule has 5 nitrogen and oxygen atoms in total. The summed E-state index contributed by atoms with van der Waals surface area (Å²) in [5.74, 6) is 0. The van der Waals surface area contributed by atoms with Gasteiger partial charge in [0.2, 0.25) is 0 Å². The lowest BCUT2D eigenvalue weighted by molar-refractivity contribution is 0.249. The van der Waals surface area contributed by atoms with Gasteiger partial charge in [0, 0.05) is 12.6 Å². The molecule has 1 aromatic carbocycles. The lowest BCUT2D eigenvalue weighted by Gasteiger charge is -2.13. The van der Waals surface area contributed by atoms with Crippen molar-refractivity contribution < 1.29 is 22.3 Å². The third-order valence-corrected chi connectivity index (χ3v) is 3.55. The van der Waals surface area contributed by atoms with Gasteiger partial charge in [-0.05, 0) is 19.9 Å². The summed E-state index contributed by atoms with van der Waals surface area (Å²) in [6.07, 6.45) is -0.465. The van der Waals surface area contributed by atoms with Crippen LogP contribution in [0.25, 0.3) is 0 Å². The molecule has 1 N–H and O–H groups in total. The van der Waals surface area contributed by atoms with Gasteiger partial charge in [-0.15, -0.1) is 0 Å². The van der Waals surface area contributed by atoms with Crippen molar-refractivity contribution in [1.82, 2.24) is 0 Å². The molecule has 94 valence electrons. The van der Waals surface area contributed by atoms with Crippen LogP contribution in [0.1, 0.15) is 13.8 Å². The summed E-state index contributed by atoms with van der Waals surface area (Å²) in [7, 11) is -3.89. The van der Waals surface area contributed by atoms with E-state index in [0.29, 0.717) is 0 Å². The summed E-state index contributed by atoms with van der Waals surface area (Å²) in [5, 5.41) is 9.57. The van der Waals surface area contributed by atoms with Gasteiger partial charge in [0.1, 0.15) is 0 Å². The molecule has 0 saturated carbocycles. The van der Waals surface area contributed by atoms with Crippen molar-refractivity contribution in [3.8, 4) is 0 Å². The molecule has 0 spiro atoms. The van der Waals surface area contributed by atoms with Crippen LogP contribution in [0.3, 0.4) is 0 Å². The van der Waals surface area contributed by atoms with Crippen LogP contribution < -0.4 is 5.46 Å². The molecule has 1 rings (SSSR count). The Kier molecular flexibility index (Phi) is 4.70. The first-order valence-corrected chi connectivity index (χ1v) is 6.52. The van der Waals surface area contributed by atoms with Crippen LogP contribution in [0.15, 0.2) is 29.2 Å². The molecule has 7 heteroatoms. The van der Waals surface area contributed by atoms with Gasteiger partial charge < -0.3 is 9.68 Å². The van der Waals surface area contributed by atoms with E-state index < -0.39 is 23.3 Å². The highest BCUT2D eigenvalue weighted by molar-refractivity contribution is 7.87. The smallest absolute Gasteiger partial charge is 0.423 e. The van der Waals surface area contributed by atoms with Gasteiger partial charge >= 0.3 is 7.12 Å². The van der Waals surface area contributed by atoms with E-state index in [-0.39, 0.29) is 10.4 Å². The Morgan fingerprint density at radius 3 is 2.41 bits per heavy atom. The highest BCUT2D eigenvalue weighted by atomic mass is 32.2. The maximum absolute atomic E-state index is 11.9. The lowest BCUT2D eigenvalue weighted by Crippen LogP contribution is -2.36. The van der Waals surface area contributed by atoms with E-state index in [9.17, 15) is 13.4 Å². The van der Waals surface area contributed by atoms with Crippen molar-refractivity contribution in [3.05, 3.63) is 24.3 Å². The van der Waals surface area contributed by atoms with Crippen LogP contribution >= 0.6 is 0 Å². The molecule has 0 aromatic heterocycles. The first-order chi connectivity index (χ1) is 7.88. The van der Waals surface area contributed by atoms with Gasteiger partial charge in [-0.1, -0.05) is 18.2 Å². The maximum atomic E-state index is 11.9. The summed E-state index contributed by atoms with van der Waals surface area (Å²) in [6.45, 7) is 3.24. The molecule has 0 aliphatic rings. The van der Waals surface area contributed by atoms with E-state index in [1.54, 1.807) is 26.0 Å². The predicted octanol–water partition coefficient (Wildman–Crippen LogP) is 0.134. The van der Waals surface area contributed by atoms with Gasteiger partial charge in [-0.25, -0.2) is 0 Å². The monoisotopic (exact) mass is 258 g/mol. The van der Waals surface area contributed by atoms with Crippen LogP contribution in [-0.4, -0.2) is 33.8 Å². The van der Waals surface area contributed by atoms with Crippen LogP contribution in [0.5, 0.6) is 0 Å². The third kappa shape index (κ3) is 3.54. The Hall–Kier alpha value is -0.885. The zero-order chi connectivity index (χ0) is 13.1. The lowest BCUT2D eigenvalue weighted by atomic mass is 9.80. The summed E-state index contributed by atoms with van der Waals surface area (Å²) in [5.41, 5.74) is 0.163. The standard InChI is InChI=1S/C10H15BO5S/c1-8(2)16-17(13,14)10-7-5-4-6-9(10)11(12)15-3/h4-8,12H,1-3H3. The average Bonchev–Trinajstić information content (AvgIpc) is 2.26. The van der Waals surface area contributed by atoms with Crippen molar-refractivity contribution in [2.24, 2.45) is 0 Å². The summed E-state index contributed by atoms with van der Waals surface area (Å²) >= 11 is 0. The quantitative estimate of drug-likeness (QED) is 0.600. The Bertz CT molecular complexity index is 471. The Labute approximate surface area is 102 Å². The number of hydrogen-bond donors (Lipinski definition) is 1. The van der Waals surface area contributed by atoms with Crippen molar-refractivity contribution in [1.29, 1.82) is 0 Å². The van der Waals surface area contributed by atoms with Gasteiger partial charge in [0.15, 0.2) is 0 Å². The predicted molar refractivity (Wildman–Crippen MR) is 64.5 cm³/mol. The van der Waals surface area contributed by atoms with E-state index in [1.165, 1.54) is 19.2 Å². The molecule has 0 unspecified atom stereocenters. The second-order valence-corrected chi connectivity index (χ2v) is 5.27. The van der Waals surface area contributed by atoms with E-state index in [1.807, 2.05) is 0 Å². The molecule has 0 fully saturated rings. The molecule has 0 radical (unpaired) electrons. The SMILES string of the molecule is COB(O)c1ccccc1S(=O)(=O)OC(C)C. The van der Waals surface area contributed by atoms with Crippen molar-refractivity contribution in [3.63, 3.8) is 0 Å². The van der Waals surface area contributed by atoms with E-state index >= 15 is 0 Å². The molecule has 0 saturated heterocycles. The molecule has 0 aliphatic heterocycles. The largest absolute Gasteiger partial charge is 0.492 e. The fraction of sp³-hybridized carbons (Fsp3) is 0.400. The molecule has 0 atom stereocenters. The molecule has 0 bridgehead atoms. The van der Waals surface area contributed by atoms with Crippen LogP contribution in [-0.2, 0) is 19.0 Å². The van der Waals surface area contributed by atoms with Gasteiger partial charge in [0.05, 0.1) is 11.0 Å². The van der Waals surface area contributed by atoms with Gasteiger partial charge in [-0.2, -0.15) is 8.42 Å². The normalized spacial score (nSPS) is 11.8. The minimum absolute atomic E-state index is 0.0805. The minimum atomic E-state index is -3.89. The van der Waals surface area contributed by atoms with Crippen LogP contribution in [0, 0.1) is 0 Å². The second-order valence-electron chi connectivity index (χ2n) is 3.72. The Morgan fingerprint density at radius 2 is 1.88 bits per heavy atom. The molecule has 1 aromatic rings. The summed E-state index contributed by atoms with van der Waals surface area (Å²) in [4.78, 5) is -0.0805. The summed E-state index contributed by atoms with van der Waals surface area (Å²) in [6, 6.07) is 6.02. The molecule has 0 amide bonds. The molecular formula is C10H15BO5S.